The van der Waals surface area contributed by atoms with Crippen molar-refractivity contribution in [3.05, 3.63) is 84.7 Å². The van der Waals surface area contributed by atoms with Crippen LogP contribution in [0.15, 0.2) is 84.0 Å². The van der Waals surface area contributed by atoms with Gasteiger partial charge in [0.25, 0.3) is 0 Å². The standard InChI is InChI=1S/C22H22N2O2S/c1-17(16-27-21-10-3-2-4-11-21)22(25)24-19-8-5-9-20(13-19)26-15-18-7-6-12-23-14-18/h2-14,17H,15-16H2,1H3,(H,24,25). The highest BCUT2D eigenvalue weighted by Crippen LogP contribution is 2.22. The Morgan fingerprint density at radius 1 is 1.11 bits per heavy atom. The number of nitrogens with zero attached hydrogens (tertiary/aromatic N) is 1. The predicted molar refractivity (Wildman–Crippen MR) is 110 cm³/mol. The van der Waals surface area contributed by atoms with Gasteiger partial charge < -0.3 is 10.1 Å². The Morgan fingerprint density at radius 2 is 1.96 bits per heavy atom. The molecule has 3 rings (SSSR count). The van der Waals surface area contributed by atoms with Gasteiger partial charge in [-0.25, -0.2) is 0 Å². The van der Waals surface area contributed by atoms with Crippen LogP contribution in [0.4, 0.5) is 5.69 Å². The molecule has 1 unspecified atom stereocenters. The molecule has 0 aliphatic heterocycles. The Labute approximate surface area is 164 Å². The molecule has 5 heteroatoms. The summed E-state index contributed by atoms with van der Waals surface area (Å²) in [6.07, 6.45) is 3.51. The van der Waals surface area contributed by atoms with Crippen LogP contribution in [-0.2, 0) is 11.4 Å². The number of hydrogen-bond donors (Lipinski definition) is 1. The minimum atomic E-state index is -0.102. The molecular weight excluding hydrogens is 356 g/mol. The van der Waals surface area contributed by atoms with Crippen LogP contribution in [0, 0.1) is 5.92 Å². The third-order valence-corrected chi connectivity index (χ3v) is 5.19. The molecule has 1 heterocycles. The summed E-state index contributed by atoms with van der Waals surface area (Å²) in [5, 5.41) is 2.97. The van der Waals surface area contributed by atoms with E-state index in [1.807, 2.05) is 61.5 Å². The van der Waals surface area contributed by atoms with Crippen molar-refractivity contribution in [3.8, 4) is 5.75 Å². The van der Waals surface area contributed by atoms with Crippen molar-refractivity contribution in [2.45, 2.75) is 18.4 Å². The zero-order valence-corrected chi connectivity index (χ0v) is 16.0. The highest BCUT2D eigenvalue weighted by molar-refractivity contribution is 7.99. The number of aromatic nitrogens is 1. The number of amides is 1. The van der Waals surface area contributed by atoms with Gasteiger partial charge in [0.05, 0.1) is 0 Å². The average molecular weight is 378 g/mol. The molecule has 1 atom stereocenters. The molecule has 0 aliphatic carbocycles. The molecule has 0 aliphatic rings. The topological polar surface area (TPSA) is 51.2 Å². The van der Waals surface area contributed by atoms with Gasteiger partial charge >= 0.3 is 0 Å². The van der Waals surface area contributed by atoms with E-state index in [0.29, 0.717) is 12.4 Å². The second kappa shape index (κ2) is 9.78. The SMILES string of the molecule is CC(CSc1ccccc1)C(=O)Nc1cccc(OCc2cccnc2)c1. The molecule has 27 heavy (non-hydrogen) atoms. The van der Waals surface area contributed by atoms with Crippen molar-refractivity contribution in [1.29, 1.82) is 0 Å². The number of thioether (sulfide) groups is 1. The molecule has 0 radical (unpaired) electrons. The highest BCUT2D eigenvalue weighted by atomic mass is 32.2. The fourth-order valence-corrected chi connectivity index (χ4v) is 3.34. The average Bonchev–Trinajstić information content (AvgIpc) is 2.72. The maximum atomic E-state index is 12.5. The third kappa shape index (κ3) is 6.15. The first kappa shape index (κ1) is 19.0. The second-order valence-corrected chi connectivity index (χ2v) is 7.29. The number of anilines is 1. The quantitative estimate of drug-likeness (QED) is 0.559. The van der Waals surface area contributed by atoms with Crippen LogP contribution < -0.4 is 10.1 Å². The van der Waals surface area contributed by atoms with E-state index in [1.54, 1.807) is 24.2 Å². The van der Waals surface area contributed by atoms with Crippen LogP contribution in [0.3, 0.4) is 0 Å². The molecule has 0 fully saturated rings. The largest absolute Gasteiger partial charge is 0.489 e. The summed E-state index contributed by atoms with van der Waals surface area (Å²) in [5.74, 6) is 1.34. The molecule has 1 amide bonds. The van der Waals surface area contributed by atoms with Crippen molar-refractivity contribution in [1.82, 2.24) is 4.98 Å². The summed E-state index contributed by atoms with van der Waals surface area (Å²) in [4.78, 5) is 17.7. The molecule has 0 saturated carbocycles. The van der Waals surface area contributed by atoms with Crippen LogP contribution in [0.1, 0.15) is 12.5 Å². The van der Waals surface area contributed by atoms with Gasteiger partial charge in [-0.2, -0.15) is 0 Å². The molecule has 1 aromatic heterocycles. The Kier molecular flexibility index (Phi) is 6.88. The lowest BCUT2D eigenvalue weighted by Crippen LogP contribution is -2.22. The number of nitrogens with one attached hydrogen (secondary N) is 1. The maximum Gasteiger partial charge on any atom is 0.228 e. The van der Waals surface area contributed by atoms with Gasteiger partial charge in [0.15, 0.2) is 0 Å². The first-order chi connectivity index (χ1) is 13.2. The van der Waals surface area contributed by atoms with Crippen molar-refractivity contribution >= 4 is 23.4 Å². The lowest BCUT2D eigenvalue weighted by atomic mass is 10.2. The Hall–Kier alpha value is -2.79. The Bertz CT molecular complexity index is 856. The van der Waals surface area contributed by atoms with E-state index in [1.165, 1.54) is 4.90 Å². The normalized spacial score (nSPS) is 11.6. The molecule has 138 valence electrons. The summed E-state index contributed by atoms with van der Waals surface area (Å²) in [7, 11) is 0. The molecule has 3 aromatic rings. The van der Waals surface area contributed by atoms with Crippen LogP contribution in [0.25, 0.3) is 0 Å². The number of benzene rings is 2. The molecular formula is C22H22N2O2S. The van der Waals surface area contributed by atoms with Crippen LogP contribution in [0.5, 0.6) is 5.75 Å². The first-order valence-electron chi connectivity index (χ1n) is 8.81. The molecule has 1 N–H and O–H groups in total. The lowest BCUT2D eigenvalue weighted by Gasteiger charge is -2.13. The second-order valence-electron chi connectivity index (χ2n) is 6.19. The smallest absolute Gasteiger partial charge is 0.228 e. The third-order valence-electron chi connectivity index (χ3n) is 3.92. The van der Waals surface area contributed by atoms with Crippen molar-refractivity contribution in [2.24, 2.45) is 5.92 Å². The van der Waals surface area contributed by atoms with Gasteiger partial charge in [-0.05, 0) is 30.3 Å². The number of carbonyl (C=O) groups excluding carboxylic acids is 1. The van der Waals surface area contributed by atoms with E-state index in [9.17, 15) is 4.79 Å². The van der Waals surface area contributed by atoms with Gasteiger partial charge in [-0.3, -0.25) is 9.78 Å². The van der Waals surface area contributed by atoms with E-state index >= 15 is 0 Å². The molecule has 4 nitrogen and oxygen atoms in total. The number of ether oxygens (including phenoxy) is 1. The van der Waals surface area contributed by atoms with Gasteiger partial charge in [0.2, 0.25) is 5.91 Å². The molecule has 0 saturated heterocycles. The zero-order valence-electron chi connectivity index (χ0n) is 15.2. The first-order valence-corrected chi connectivity index (χ1v) is 9.80. The van der Waals surface area contributed by atoms with E-state index < -0.39 is 0 Å². The van der Waals surface area contributed by atoms with Crippen molar-refractivity contribution in [3.63, 3.8) is 0 Å². The van der Waals surface area contributed by atoms with E-state index in [-0.39, 0.29) is 11.8 Å². The van der Waals surface area contributed by atoms with E-state index in [2.05, 4.69) is 22.4 Å². The summed E-state index contributed by atoms with van der Waals surface area (Å²) in [5.41, 5.74) is 1.73. The molecule has 0 spiro atoms. The summed E-state index contributed by atoms with van der Waals surface area (Å²) in [6, 6.07) is 21.4. The van der Waals surface area contributed by atoms with E-state index in [4.69, 9.17) is 4.74 Å². The summed E-state index contributed by atoms with van der Waals surface area (Å²) in [6.45, 7) is 2.38. The van der Waals surface area contributed by atoms with Crippen LogP contribution in [0.2, 0.25) is 0 Å². The zero-order chi connectivity index (χ0) is 18.9. The number of rotatable bonds is 8. The summed E-state index contributed by atoms with van der Waals surface area (Å²) < 4.78 is 5.78. The minimum Gasteiger partial charge on any atom is -0.489 e. The number of carbonyl (C=O) groups is 1. The van der Waals surface area contributed by atoms with E-state index in [0.717, 1.165) is 17.0 Å². The van der Waals surface area contributed by atoms with Crippen molar-refractivity contribution in [2.75, 3.05) is 11.1 Å². The van der Waals surface area contributed by atoms with Gasteiger partial charge in [-0.15, -0.1) is 11.8 Å². The Morgan fingerprint density at radius 3 is 2.74 bits per heavy atom. The summed E-state index contributed by atoms with van der Waals surface area (Å²) >= 11 is 1.68. The minimum absolute atomic E-state index is 0.00263. The number of hydrogen-bond acceptors (Lipinski definition) is 4. The molecule has 0 bridgehead atoms. The van der Waals surface area contributed by atoms with Gasteiger partial charge in [0, 0.05) is 46.3 Å². The Balaban J connectivity index is 1.51. The van der Waals surface area contributed by atoms with Crippen LogP contribution in [-0.4, -0.2) is 16.6 Å². The fraction of sp³-hybridized carbons (Fsp3) is 0.182. The monoisotopic (exact) mass is 378 g/mol. The lowest BCUT2D eigenvalue weighted by molar-refractivity contribution is -0.118. The van der Waals surface area contributed by atoms with Gasteiger partial charge in [0.1, 0.15) is 12.4 Å². The highest BCUT2D eigenvalue weighted by Gasteiger charge is 2.14. The van der Waals surface area contributed by atoms with Gasteiger partial charge in [-0.1, -0.05) is 37.3 Å². The number of pyridine rings is 1. The van der Waals surface area contributed by atoms with Crippen LogP contribution >= 0.6 is 11.8 Å². The molecule has 2 aromatic carbocycles. The fourth-order valence-electron chi connectivity index (χ4n) is 2.39. The maximum absolute atomic E-state index is 12.5. The predicted octanol–water partition coefficient (Wildman–Crippen LogP) is 5.03. The van der Waals surface area contributed by atoms with Crippen molar-refractivity contribution < 1.29 is 9.53 Å².